The van der Waals surface area contributed by atoms with Gasteiger partial charge in [0.25, 0.3) is 5.91 Å². The molecular formula is C20H21NO2. The molecule has 1 amide bonds. The standard InChI is InChI=1S/C20H21NO2/c1-2-12-21(13-10-16-6-4-3-5-7-16)20(22)18-8-9-19-17(15-18)11-14-23-19/h2-9,15H,1,10-14H2. The van der Waals surface area contributed by atoms with Gasteiger partial charge in [-0.25, -0.2) is 0 Å². The molecule has 0 saturated carbocycles. The van der Waals surface area contributed by atoms with E-state index in [1.807, 2.05) is 41.3 Å². The summed E-state index contributed by atoms with van der Waals surface area (Å²) in [5.41, 5.74) is 3.08. The molecule has 0 saturated heterocycles. The number of hydrogen-bond acceptors (Lipinski definition) is 2. The van der Waals surface area contributed by atoms with Crippen molar-refractivity contribution >= 4 is 5.91 Å². The number of hydrogen-bond donors (Lipinski definition) is 0. The van der Waals surface area contributed by atoms with E-state index in [0.29, 0.717) is 19.7 Å². The smallest absolute Gasteiger partial charge is 0.254 e. The van der Waals surface area contributed by atoms with Crippen molar-refractivity contribution in [1.82, 2.24) is 4.90 Å². The van der Waals surface area contributed by atoms with Gasteiger partial charge in [0.1, 0.15) is 5.75 Å². The van der Waals surface area contributed by atoms with E-state index in [0.717, 1.165) is 29.7 Å². The second kappa shape index (κ2) is 7.14. The SMILES string of the molecule is C=CCN(CCc1ccccc1)C(=O)c1ccc2c(c1)CCO2. The molecule has 3 nitrogen and oxygen atoms in total. The second-order valence-electron chi connectivity index (χ2n) is 5.70. The van der Waals surface area contributed by atoms with Crippen LogP contribution in [-0.4, -0.2) is 30.5 Å². The van der Waals surface area contributed by atoms with Gasteiger partial charge in [0, 0.05) is 25.1 Å². The Hall–Kier alpha value is -2.55. The molecule has 2 aromatic carbocycles. The van der Waals surface area contributed by atoms with Crippen LogP contribution in [0.5, 0.6) is 5.75 Å². The van der Waals surface area contributed by atoms with E-state index in [4.69, 9.17) is 4.74 Å². The first-order valence-electron chi connectivity index (χ1n) is 7.98. The first kappa shape index (κ1) is 15.3. The minimum Gasteiger partial charge on any atom is -0.493 e. The lowest BCUT2D eigenvalue weighted by Gasteiger charge is -2.21. The van der Waals surface area contributed by atoms with Crippen LogP contribution in [0.4, 0.5) is 0 Å². The van der Waals surface area contributed by atoms with Gasteiger partial charge in [-0.15, -0.1) is 6.58 Å². The Bertz CT molecular complexity index is 694. The minimum absolute atomic E-state index is 0.0514. The molecule has 1 aliphatic rings. The molecule has 0 N–H and O–H groups in total. The topological polar surface area (TPSA) is 29.5 Å². The third-order valence-electron chi connectivity index (χ3n) is 4.09. The van der Waals surface area contributed by atoms with E-state index in [2.05, 4.69) is 18.7 Å². The summed E-state index contributed by atoms with van der Waals surface area (Å²) < 4.78 is 5.51. The highest BCUT2D eigenvalue weighted by molar-refractivity contribution is 5.94. The van der Waals surface area contributed by atoms with Gasteiger partial charge in [-0.05, 0) is 35.7 Å². The predicted molar refractivity (Wildman–Crippen MR) is 91.9 cm³/mol. The fourth-order valence-electron chi connectivity index (χ4n) is 2.84. The Morgan fingerprint density at radius 3 is 2.83 bits per heavy atom. The number of carbonyl (C=O) groups excluding carboxylic acids is 1. The van der Waals surface area contributed by atoms with Crippen LogP contribution < -0.4 is 4.74 Å². The summed E-state index contributed by atoms with van der Waals surface area (Å²) in [5, 5.41) is 0. The van der Waals surface area contributed by atoms with Crippen molar-refractivity contribution < 1.29 is 9.53 Å². The van der Waals surface area contributed by atoms with Crippen molar-refractivity contribution in [3.05, 3.63) is 77.9 Å². The van der Waals surface area contributed by atoms with Crippen molar-refractivity contribution in [2.45, 2.75) is 12.8 Å². The zero-order chi connectivity index (χ0) is 16.1. The number of benzene rings is 2. The quantitative estimate of drug-likeness (QED) is 0.765. The normalized spacial score (nSPS) is 12.3. The first-order valence-corrected chi connectivity index (χ1v) is 7.98. The molecule has 1 aliphatic heterocycles. The number of ether oxygens (including phenoxy) is 1. The van der Waals surface area contributed by atoms with Gasteiger partial charge in [0.2, 0.25) is 0 Å². The highest BCUT2D eigenvalue weighted by atomic mass is 16.5. The molecule has 3 heteroatoms. The predicted octanol–water partition coefficient (Wildman–Crippen LogP) is 3.49. The molecular weight excluding hydrogens is 286 g/mol. The van der Waals surface area contributed by atoms with Crippen LogP contribution in [0, 0.1) is 0 Å². The Balaban J connectivity index is 1.72. The van der Waals surface area contributed by atoms with Gasteiger partial charge < -0.3 is 9.64 Å². The Kier molecular flexibility index (Phi) is 4.77. The molecule has 1 heterocycles. The maximum Gasteiger partial charge on any atom is 0.254 e. The lowest BCUT2D eigenvalue weighted by atomic mass is 10.1. The summed E-state index contributed by atoms with van der Waals surface area (Å²) in [6.45, 7) is 5.72. The molecule has 0 fully saturated rings. The van der Waals surface area contributed by atoms with Gasteiger partial charge in [-0.3, -0.25) is 4.79 Å². The van der Waals surface area contributed by atoms with Gasteiger partial charge in [0.15, 0.2) is 0 Å². The molecule has 0 atom stereocenters. The van der Waals surface area contributed by atoms with E-state index in [-0.39, 0.29) is 5.91 Å². The summed E-state index contributed by atoms with van der Waals surface area (Å²) >= 11 is 0. The second-order valence-corrected chi connectivity index (χ2v) is 5.70. The monoisotopic (exact) mass is 307 g/mol. The summed E-state index contributed by atoms with van der Waals surface area (Å²) in [4.78, 5) is 14.6. The van der Waals surface area contributed by atoms with Crippen LogP contribution in [0.2, 0.25) is 0 Å². The molecule has 3 rings (SSSR count). The molecule has 0 aliphatic carbocycles. The highest BCUT2D eigenvalue weighted by Gasteiger charge is 2.18. The molecule has 2 aromatic rings. The summed E-state index contributed by atoms with van der Waals surface area (Å²) in [6.07, 6.45) is 3.50. The number of carbonyl (C=O) groups is 1. The maximum absolute atomic E-state index is 12.8. The Morgan fingerprint density at radius 2 is 2.04 bits per heavy atom. The third kappa shape index (κ3) is 3.62. The molecule has 118 valence electrons. The van der Waals surface area contributed by atoms with Crippen LogP contribution in [0.1, 0.15) is 21.5 Å². The van der Waals surface area contributed by atoms with Gasteiger partial charge in [0.05, 0.1) is 6.61 Å². The Labute approximate surface area is 137 Å². The summed E-state index contributed by atoms with van der Waals surface area (Å²) in [6, 6.07) is 15.9. The van der Waals surface area contributed by atoms with E-state index in [1.54, 1.807) is 6.08 Å². The fraction of sp³-hybridized carbons (Fsp3) is 0.250. The van der Waals surface area contributed by atoms with E-state index < -0.39 is 0 Å². The van der Waals surface area contributed by atoms with Gasteiger partial charge >= 0.3 is 0 Å². The zero-order valence-corrected chi connectivity index (χ0v) is 13.2. The van der Waals surface area contributed by atoms with E-state index in [1.165, 1.54) is 5.56 Å². The summed E-state index contributed by atoms with van der Waals surface area (Å²) in [7, 11) is 0. The van der Waals surface area contributed by atoms with Crippen molar-refractivity contribution in [3.8, 4) is 5.75 Å². The number of amides is 1. The van der Waals surface area contributed by atoms with Crippen molar-refractivity contribution in [1.29, 1.82) is 0 Å². The Morgan fingerprint density at radius 1 is 1.22 bits per heavy atom. The highest BCUT2D eigenvalue weighted by Crippen LogP contribution is 2.26. The number of nitrogens with zero attached hydrogens (tertiary/aromatic N) is 1. The number of rotatable bonds is 6. The molecule has 0 bridgehead atoms. The fourth-order valence-corrected chi connectivity index (χ4v) is 2.84. The molecule has 0 spiro atoms. The van der Waals surface area contributed by atoms with Crippen LogP contribution in [0.15, 0.2) is 61.2 Å². The molecule has 23 heavy (non-hydrogen) atoms. The lowest BCUT2D eigenvalue weighted by molar-refractivity contribution is 0.0775. The van der Waals surface area contributed by atoms with Crippen molar-refractivity contribution in [2.75, 3.05) is 19.7 Å². The van der Waals surface area contributed by atoms with Crippen LogP contribution in [0.3, 0.4) is 0 Å². The van der Waals surface area contributed by atoms with E-state index in [9.17, 15) is 4.79 Å². The van der Waals surface area contributed by atoms with Crippen molar-refractivity contribution in [2.24, 2.45) is 0 Å². The van der Waals surface area contributed by atoms with E-state index >= 15 is 0 Å². The molecule has 0 radical (unpaired) electrons. The average molecular weight is 307 g/mol. The van der Waals surface area contributed by atoms with Crippen molar-refractivity contribution in [3.63, 3.8) is 0 Å². The third-order valence-corrected chi connectivity index (χ3v) is 4.09. The molecule has 0 aromatic heterocycles. The van der Waals surface area contributed by atoms with Crippen LogP contribution in [0.25, 0.3) is 0 Å². The maximum atomic E-state index is 12.8. The zero-order valence-electron chi connectivity index (χ0n) is 13.2. The van der Waals surface area contributed by atoms with Gasteiger partial charge in [-0.1, -0.05) is 36.4 Å². The van der Waals surface area contributed by atoms with Gasteiger partial charge in [-0.2, -0.15) is 0 Å². The minimum atomic E-state index is 0.0514. The summed E-state index contributed by atoms with van der Waals surface area (Å²) in [5.74, 6) is 0.955. The van der Waals surface area contributed by atoms with Crippen LogP contribution >= 0.6 is 0 Å². The first-order chi connectivity index (χ1) is 11.3. The molecule has 0 unspecified atom stereocenters. The number of fused-ring (bicyclic) bond motifs is 1. The average Bonchev–Trinajstić information content (AvgIpc) is 3.06. The largest absolute Gasteiger partial charge is 0.493 e. The lowest BCUT2D eigenvalue weighted by Crippen LogP contribution is -2.33. The van der Waals surface area contributed by atoms with Crippen LogP contribution in [-0.2, 0) is 12.8 Å².